The second kappa shape index (κ2) is 11.0. The molecule has 152 valence electrons. The molecule has 0 saturated heterocycles. The van der Waals surface area contributed by atoms with E-state index in [2.05, 4.69) is 11.6 Å². The van der Waals surface area contributed by atoms with Gasteiger partial charge in [-0.25, -0.2) is 4.79 Å². The lowest BCUT2D eigenvalue weighted by Gasteiger charge is -2.18. The molecule has 1 aromatic carbocycles. The van der Waals surface area contributed by atoms with Crippen LogP contribution in [0.25, 0.3) is 0 Å². The van der Waals surface area contributed by atoms with Crippen LogP contribution in [0.1, 0.15) is 46.0 Å². The van der Waals surface area contributed by atoms with Crippen LogP contribution in [0.2, 0.25) is 5.02 Å². The van der Waals surface area contributed by atoms with Crippen LogP contribution in [0.3, 0.4) is 0 Å². The standard InChI is InChI=1S/C22H22ClNO5/c1-3-5-6-7-18(4-2)29-21-10-20(17(13-25)9-19(21)23)28-14-15-8-16(22(26)27)12-24-11-15/h3,5-6,8-13,18H,1,4,7,14H2,2H3,(H,26,27)/b6-5-. The lowest BCUT2D eigenvalue weighted by molar-refractivity contribution is 0.0696. The van der Waals surface area contributed by atoms with Gasteiger partial charge in [0.15, 0.2) is 6.29 Å². The molecule has 1 atom stereocenters. The highest BCUT2D eigenvalue weighted by molar-refractivity contribution is 6.32. The van der Waals surface area contributed by atoms with Gasteiger partial charge in [-0.15, -0.1) is 0 Å². The maximum Gasteiger partial charge on any atom is 0.337 e. The van der Waals surface area contributed by atoms with Gasteiger partial charge < -0.3 is 14.6 Å². The zero-order chi connectivity index (χ0) is 21.2. The molecule has 1 aromatic heterocycles. The molecule has 2 aromatic rings. The number of nitrogens with zero attached hydrogens (tertiary/aromatic N) is 1. The predicted molar refractivity (Wildman–Crippen MR) is 111 cm³/mol. The number of carboxylic acid groups (broad SMARTS) is 1. The number of pyridine rings is 1. The molecule has 2 rings (SSSR count). The molecule has 0 aliphatic heterocycles. The molecule has 6 nitrogen and oxygen atoms in total. The van der Waals surface area contributed by atoms with Crippen molar-refractivity contribution in [3.8, 4) is 11.5 Å². The molecular weight excluding hydrogens is 394 g/mol. The smallest absolute Gasteiger partial charge is 0.337 e. The molecule has 0 aliphatic carbocycles. The predicted octanol–water partition coefficient (Wildman–Crippen LogP) is 5.11. The van der Waals surface area contributed by atoms with Gasteiger partial charge in [-0.1, -0.05) is 43.3 Å². The molecule has 0 aliphatic rings. The van der Waals surface area contributed by atoms with Crippen LogP contribution in [-0.2, 0) is 6.61 Å². The lowest BCUT2D eigenvalue weighted by atomic mass is 10.1. The highest BCUT2D eigenvalue weighted by atomic mass is 35.5. The first-order chi connectivity index (χ1) is 14.0. The number of ether oxygens (including phenoxy) is 2. The Morgan fingerprint density at radius 2 is 2.10 bits per heavy atom. The summed E-state index contributed by atoms with van der Waals surface area (Å²) in [6, 6.07) is 4.51. The van der Waals surface area contributed by atoms with Crippen molar-refractivity contribution in [3.63, 3.8) is 0 Å². The Labute approximate surface area is 174 Å². The number of carbonyl (C=O) groups is 2. The summed E-state index contributed by atoms with van der Waals surface area (Å²) < 4.78 is 11.7. The monoisotopic (exact) mass is 415 g/mol. The first-order valence-electron chi connectivity index (χ1n) is 9.01. The highest BCUT2D eigenvalue weighted by Crippen LogP contribution is 2.34. The Morgan fingerprint density at radius 3 is 2.76 bits per heavy atom. The van der Waals surface area contributed by atoms with Crippen molar-refractivity contribution in [2.75, 3.05) is 0 Å². The second-order valence-electron chi connectivity index (χ2n) is 6.16. The summed E-state index contributed by atoms with van der Waals surface area (Å²) in [6.07, 6.45) is 10.2. The molecular formula is C22H22ClNO5. The normalized spacial score (nSPS) is 11.8. The van der Waals surface area contributed by atoms with Crippen molar-refractivity contribution in [1.29, 1.82) is 0 Å². The van der Waals surface area contributed by atoms with Crippen LogP contribution >= 0.6 is 11.6 Å². The number of aromatic nitrogens is 1. The topological polar surface area (TPSA) is 85.7 Å². The molecule has 0 bridgehead atoms. The fraction of sp³-hybridized carbons (Fsp3) is 0.227. The largest absolute Gasteiger partial charge is 0.488 e. The number of hydrogen-bond donors (Lipinski definition) is 1. The number of carbonyl (C=O) groups excluding carboxylic acids is 1. The van der Waals surface area contributed by atoms with Crippen molar-refractivity contribution in [2.24, 2.45) is 0 Å². The highest BCUT2D eigenvalue weighted by Gasteiger charge is 2.15. The van der Waals surface area contributed by atoms with Gasteiger partial charge in [-0.05, 0) is 18.6 Å². The van der Waals surface area contributed by atoms with Crippen LogP contribution in [0, 0.1) is 0 Å². The summed E-state index contributed by atoms with van der Waals surface area (Å²) in [5.41, 5.74) is 0.879. The minimum Gasteiger partial charge on any atom is -0.488 e. The maximum absolute atomic E-state index is 11.4. The minimum absolute atomic E-state index is 0.0370. The van der Waals surface area contributed by atoms with Gasteiger partial charge in [-0.3, -0.25) is 9.78 Å². The molecule has 7 heteroatoms. The molecule has 1 unspecified atom stereocenters. The van der Waals surface area contributed by atoms with E-state index >= 15 is 0 Å². The van der Waals surface area contributed by atoms with Gasteiger partial charge >= 0.3 is 5.97 Å². The fourth-order valence-corrected chi connectivity index (χ4v) is 2.72. The molecule has 0 spiro atoms. The molecule has 0 radical (unpaired) electrons. The average molecular weight is 416 g/mol. The van der Waals surface area contributed by atoms with E-state index in [9.17, 15) is 9.59 Å². The summed E-state index contributed by atoms with van der Waals surface area (Å²) in [6.45, 7) is 5.67. The van der Waals surface area contributed by atoms with Crippen LogP contribution < -0.4 is 9.47 Å². The van der Waals surface area contributed by atoms with Gasteiger partial charge in [0, 0.05) is 30.4 Å². The van der Waals surface area contributed by atoms with Crippen molar-refractivity contribution in [2.45, 2.75) is 32.5 Å². The average Bonchev–Trinajstić information content (AvgIpc) is 2.73. The van der Waals surface area contributed by atoms with Crippen molar-refractivity contribution in [1.82, 2.24) is 4.98 Å². The molecule has 1 N–H and O–H groups in total. The number of halogens is 1. The molecule has 0 saturated carbocycles. The van der Waals surface area contributed by atoms with E-state index < -0.39 is 5.97 Å². The first-order valence-corrected chi connectivity index (χ1v) is 9.39. The number of allylic oxidation sites excluding steroid dienone is 2. The van der Waals surface area contributed by atoms with E-state index in [1.165, 1.54) is 24.5 Å². The Balaban J connectivity index is 2.20. The van der Waals surface area contributed by atoms with Gasteiger partial charge in [0.1, 0.15) is 24.2 Å². The van der Waals surface area contributed by atoms with E-state index in [4.69, 9.17) is 26.2 Å². The summed E-state index contributed by atoms with van der Waals surface area (Å²) in [5, 5.41) is 9.37. The second-order valence-corrected chi connectivity index (χ2v) is 6.57. The Bertz CT molecular complexity index is 910. The third-order valence-electron chi connectivity index (χ3n) is 4.05. The van der Waals surface area contributed by atoms with Gasteiger partial charge in [-0.2, -0.15) is 0 Å². The lowest BCUT2D eigenvalue weighted by Crippen LogP contribution is -2.14. The van der Waals surface area contributed by atoms with E-state index in [1.54, 1.807) is 12.1 Å². The number of hydrogen-bond acceptors (Lipinski definition) is 5. The van der Waals surface area contributed by atoms with Crippen LogP contribution in [0.4, 0.5) is 0 Å². The summed E-state index contributed by atoms with van der Waals surface area (Å²) in [5.74, 6) is -0.383. The number of aromatic carboxylic acids is 1. The zero-order valence-corrected chi connectivity index (χ0v) is 16.8. The van der Waals surface area contributed by atoms with Gasteiger partial charge in [0.05, 0.1) is 16.1 Å². The fourth-order valence-electron chi connectivity index (χ4n) is 2.51. The number of carboxylic acids is 1. The third kappa shape index (κ3) is 6.47. The van der Waals surface area contributed by atoms with Crippen molar-refractivity contribution >= 4 is 23.9 Å². The number of aldehydes is 1. The maximum atomic E-state index is 11.4. The number of benzene rings is 1. The third-order valence-corrected chi connectivity index (χ3v) is 4.34. The van der Waals surface area contributed by atoms with Crippen molar-refractivity contribution in [3.05, 3.63) is 77.1 Å². The summed E-state index contributed by atoms with van der Waals surface area (Å²) in [7, 11) is 0. The molecule has 29 heavy (non-hydrogen) atoms. The van der Waals surface area contributed by atoms with E-state index in [0.717, 1.165) is 6.42 Å². The van der Waals surface area contributed by atoms with E-state index in [0.29, 0.717) is 29.0 Å². The Hall–Kier alpha value is -3.12. The van der Waals surface area contributed by atoms with Gasteiger partial charge in [0.25, 0.3) is 0 Å². The SMILES string of the molecule is C=C/C=C\CC(CC)Oc1cc(OCc2cncc(C(=O)O)c2)c(C=O)cc1Cl. The Kier molecular flexibility index (Phi) is 8.43. The van der Waals surface area contributed by atoms with Crippen molar-refractivity contribution < 1.29 is 24.2 Å². The van der Waals surface area contributed by atoms with E-state index in [-0.39, 0.29) is 29.6 Å². The molecule has 0 amide bonds. The van der Waals surface area contributed by atoms with E-state index in [1.807, 2.05) is 19.1 Å². The Morgan fingerprint density at radius 1 is 1.31 bits per heavy atom. The zero-order valence-electron chi connectivity index (χ0n) is 16.0. The van der Waals surface area contributed by atoms with Gasteiger partial charge in [0.2, 0.25) is 0 Å². The van der Waals surface area contributed by atoms with Crippen LogP contribution in [0.15, 0.2) is 55.4 Å². The van der Waals surface area contributed by atoms with Crippen LogP contribution in [-0.4, -0.2) is 28.4 Å². The summed E-state index contributed by atoms with van der Waals surface area (Å²) in [4.78, 5) is 26.4. The molecule has 0 fully saturated rings. The van der Waals surface area contributed by atoms with Crippen LogP contribution in [0.5, 0.6) is 11.5 Å². The summed E-state index contributed by atoms with van der Waals surface area (Å²) >= 11 is 6.27. The first kappa shape index (κ1) is 22.2. The minimum atomic E-state index is -1.08. The number of rotatable bonds is 11. The quantitative estimate of drug-likeness (QED) is 0.405. The molecule has 1 heterocycles.